The van der Waals surface area contributed by atoms with Gasteiger partial charge in [-0.05, 0) is 25.5 Å². The van der Waals surface area contributed by atoms with Gasteiger partial charge in [0.2, 0.25) is 5.91 Å². The van der Waals surface area contributed by atoms with Gasteiger partial charge in [0.25, 0.3) is 0 Å². The molecule has 2 aromatic rings. The molecule has 1 aliphatic rings. The highest BCUT2D eigenvalue weighted by molar-refractivity contribution is 8.00. The summed E-state index contributed by atoms with van der Waals surface area (Å²) in [5.41, 5.74) is 0. The van der Waals surface area contributed by atoms with E-state index in [-0.39, 0.29) is 5.91 Å². The fraction of sp³-hybridized carbons (Fsp3) is 0.588. The largest absolute Gasteiger partial charge is 0.379 e. The zero-order valence-electron chi connectivity index (χ0n) is 14.5. The molecule has 8 heteroatoms. The van der Waals surface area contributed by atoms with Gasteiger partial charge < -0.3 is 10.1 Å². The zero-order chi connectivity index (χ0) is 17.5. The zero-order valence-corrected chi connectivity index (χ0v) is 16.1. The lowest BCUT2D eigenvalue weighted by Gasteiger charge is -2.26. The van der Waals surface area contributed by atoms with Crippen molar-refractivity contribution in [3.63, 3.8) is 0 Å². The Hall–Kier alpha value is -1.22. The van der Waals surface area contributed by atoms with Gasteiger partial charge >= 0.3 is 0 Å². The summed E-state index contributed by atoms with van der Waals surface area (Å²) in [6.07, 6.45) is 3.55. The number of amides is 1. The van der Waals surface area contributed by atoms with Crippen molar-refractivity contribution in [2.24, 2.45) is 0 Å². The summed E-state index contributed by atoms with van der Waals surface area (Å²) in [7, 11) is 0. The number of thiophene rings is 1. The average molecular weight is 381 g/mol. The standard InChI is InChI=1S/C17H24N4O2S2/c1-2-13-10-14-16(19-12-20-17(14)25-13)24-11-15(22)18-4-3-5-21-6-8-23-9-7-21/h10,12H,2-9,11H2,1H3,(H,18,22). The molecular formula is C17H24N4O2S2. The van der Waals surface area contributed by atoms with Crippen molar-refractivity contribution >= 4 is 39.2 Å². The van der Waals surface area contributed by atoms with Gasteiger partial charge in [-0.3, -0.25) is 9.69 Å². The van der Waals surface area contributed by atoms with Crippen molar-refractivity contribution in [2.75, 3.05) is 45.1 Å². The fourth-order valence-electron chi connectivity index (χ4n) is 2.71. The quantitative estimate of drug-likeness (QED) is 0.430. The Bertz CT molecular complexity index is 701. The van der Waals surface area contributed by atoms with Gasteiger partial charge in [0.1, 0.15) is 16.2 Å². The average Bonchev–Trinajstić information content (AvgIpc) is 3.08. The van der Waals surface area contributed by atoms with Gasteiger partial charge in [-0.2, -0.15) is 0 Å². The molecule has 1 saturated heterocycles. The van der Waals surface area contributed by atoms with E-state index < -0.39 is 0 Å². The number of aromatic nitrogens is 2. The maximum atomic E-state index is 12.1. The van der Waals surface area contributed by atoms with Gasteiger partial charge in [-0.1, -0.05) is 18.7 Å². The Morgan fingerprint density at radius 3 is 3.04 bits per heavy atom. The molecule has 0 spiro atoms. The molecule has 1 N–H and O–H groups in total. The smallest absolute Gasteiger partial charge is 0.230 e. The van der Waals surface area contributed by atoms with E-state index in [4.69, 9.17) is 4.74 Å². The van der Waals surface area contributed by atoms with Crippen LogP contribution in [0.25, 0.3) is 10.2 Å². The number of nitrogens with zero attached hydrogens (tertiary/aromatic N) is 3. The first-order valence-electron chi connectivity index (χ1n) is 8.69. The van der Waals surface area contributed by atoms with E-state index in [2.05, 4.69) is 33.2 Å². The fourth-order valence-corrected chi connectivity index (χ4v) is 4.52. The molecule has 2 aromatic heterocycles. The van der Waals surface area contributed by atoms with Crippen LogP contribution in [0.4, 0.5) is 0 Å². The minimum Gasteiger partial charge on any atom is -0.379 e. The van der Waals surface area contributed by atoms with Gasteiger partial charge in [-0.15, -0.1) is 11.3 Å². The first-order valence-corrected chi connectivity index (χ1v) is 10.5. The van der Waals surface area contributed by atoms with Crippen molar-refractivity contribution in [3.8, 4) is 0 Å². The van der Waals surface area contributed by atoms with Crippen LogP contribution in [0.2, 0.25) is 0 Å². The van der Waals surface area contributed by atoms with Crippen molar-refractivity contribution in [2.45, 2.75) is 24.8 Å². The van der Waals surface area contributed by atoms with Gasteiger partial charge in [0.05, 0.1) is 19.0 Å². The summed E-state index contributed by atoms with van der Waals surface area (Å²) in [6, 6.07) is 2.14. The summed E-state index contributed by atoms with van der Waals surface area (Å²) in [5, 5.41) is 4.96. The molecule has 1 aliphatic heterocycles. The van der Waals surface area contributed by atoms with Crippen LogP contribution in [0.15, 0.2) is 17.4 Å². The molecule has 3 heterocycles. The van der Waals surface area contributed by atoms with E-state index in [0.29, 0.717) is 12.3 Å². The van der Waals surface area contributed by atoms with Crippen LogP contribution in [0, 0.1) is 0 Å². The van der Waals surface area contributed by atoms with E-state index in [0.717, 1.165) is 60.9 Å². The van der Waals surface area contributed by atoms with Crippen LogP contribution < -0.4 is 5.32 Å². The number of ether oxygens (including phenoxy) is 1. The second-order valence-electron chi connectivity index (χ2n) is 5.91. The Morgan fingerprint density at radius 2 is 2.24 bits per heavy atom. The monoisotopic (exact) mass is 380 g/mol. The molecule has 25 heavy (non-hydrogen) atoms. The lowest BCUT2D eigenvalue weighted by molar-refractivity contribution is -0.118. The van der Waals surface area contributed by atoms with E-state index in [9.17, 15) is 4.79 Å². The molecule has 136 valence electrons. The van der Waals surface area contributed by atoms with Crippen LogP contribution in [-0.4, -0.2) is 65.9 Å². The Kier molecular flexibility index (Phi) is 7.03. The number of hydrogen-bond acceptors (Lipinski definition) is 7. The molecule has 0 aliphatic carbocycles. The topological polar surface area (TPSA) is 67.4 Å². The maximum absolute atomic E-state index is 12.1. The molecule has 0 saturated carbocycles. The van der Waals surface area contributed by atoms with Crippen molar-refractivity contribution in [1.29, 1.82) is 0 Å². The van der Waals surface area contributed by atoms with Crippen LogP contribution in [0.5, 0.6) is 0 Å². The molecule has 1 fully saturated rings. The van der Waals surface area contributed by atoms with E-state index in [1.54, 1.807) is 17.7 Å². The number of morpholine rings is 1. The summed E-state index contributed by atoms with van der Waals surface area (Å²) >= 11 is 3.18. The number of rotatable bonds is 8. The van der Waals surface area contributed by atoms with Crippen LogP contribution in [0.3, 0.4) is 0 Å². The van der Waals surface area contributed by atoms with Gasteiger partial charge in [0, 0.05) is 29.9 Å². The highest BCUT2D eigenvalue weighted by atomic mass is 32.2. The molecule has 6 nitrogen and oxygen atoms in total. The Labute approximate surface area is 156 Å². The third kappa shape index (κ3) is 5.37. The minimum absolute atomic E-state index is 0.0599. The predicted molar refractivity (Wildman–Crippen MR) is 102 cm³/mol. The Balaban J connectivity index is 1.40. The predicted octanol–water partition coefficient (Wildman–Crippen LogP) is 2.18. The van der Waals surface area contributed by atoms with Crippen molar-refractivity contribution in [1.82, 2.24) is 20.2 Å². The van der Waals surface area contributed by atoms with E-state index in [1.165, 1.54) is 16.6 Å². The highest BCUT2D eigenvalue weighted by Crippen LogP contribution is 2.30. The molecule has 0 aromatic carbocycles. The highest BCUT2D eigenvalue weighted by Gasteiger charge is 2.12. The number of nitrogens with one attached hydrogen (secondary N) is 1. The molecule has 0 unspecified atom stereocenters. The third-order valence-corrected chi connectivity index (χ3v) is 6.30. The molecule has 0 atom stereocenters. The van der Waals surface area contributed by atoms with Gasteiger partial charge in [-0.25, -0.2) is 9.97 Å². The lowest BCUT2D eigenvalue weighted by Crippen LogP contribution is -2.38. The summed E-state index contributed by atoms with van der Waals surface area (Å²) in [6.45, 7) is 7.49. The first-order chi connectivity index (χ1) is 12.3. The number of carbonyl (C=O) groups is 1. The Morgan fingerprint density at radius 1 is 1.40 bits per heavy atom. The third-order valence-electron chi connectivity index (χ3n) is 4.11. The van der Waals surface area contributed by atoms with Crippen molar-refractivity contribution in [3.05, 3.63) is 17.3 Å². The first kappa shape index (κ1) is 18.6. The van der Waals surface area contributed by atoms with Crippen molar-refractivity contribution < 1.29 is 9.53 Å². The molecule has 0 bridgehead atoms. The molecule has 1 amide bonds. The normalized spacial score (nSPS) is 15.6. The molecular weight excluding hydrogens is 356 g/mol. The minimum atomic E-state index is 0.0599. The number of thioether (sulfide) groups is 1. The number of hydrogen-bond donors (Lipinski definition) is 1. The van der Waals surface area contributed by atoms with Crippen LogP contribution in [0.1, 0.15) is 18.2 Å². The second-order valence-corrected chi connectivity index (χ2v) is 7.99. The number of fused-ring (bicyclic) bond motifs is 1. The summed E-state index contributed by atoms with van der Waals surface area (Å²) in [4.78, 5) is 25.4. The second kappa shape index (κ2) is 9.47. The maximum Gasteiger partial charge on any atom is 0.230 e. The summed E-state index contributed by atoms with van der Waals surface area (Å²) < 4.78 is 5.33. The summed E-state index contributed by atoms with van der Waals surface area (Å²) in [5.74, 6) is 0.450. The molecule has 3 rings (SSSR count). The van der Waals surface area contributed by atoms with E-state index in [1.807, 2.05) is 0 Å². The molecule has 0 radical (unpaired) electrons. The van der Waals surface area contributed by atoms with E-state index >= 15 is 0 Å². The van der Waals surface area contributed by atoms with Crippen LogP contribution >= 0.6 is 23.1 Å². The number of aryl methyl sites for hydroxylation is 1. The van der Waals surface area contributed by atoms with Gasteiger partial charge in [0.15, 0.2) is 0 Å². The SMILES string of the molecule is CCc1cc2c(SCC(=O)NCCCN3CCOCC3)ncnc2s1. The van der Waals surface area contributed by atoms with Crippen LogP contribution in [-0.2, 0) is 16.0 Å². The number of carbonyl (C=O) groups excluding carboxylic acids is 1. The lowest BCUT2D eigenvalue weighted by atomic mass is 10.3.